The Labute approximate surface area is 94.6 Å². The molecular formula is C12H17NOS. The van der Waals surface area contributed by atoms with Gasteiger partial charge in [-0.2, -0.15) is 0 Å². The van der Waals surface area contributed by atoms with E-state index in [9.17, 15) is 0 Å². The summed E-state index contributed by atoms with van der Waals surface area (Å²) >= 11 is 1.79. The van der Waals surface area contributed by atoms with E-state index in [1.165, 1.54) is 30.6 Å². The Kier molecular flexibility index (Phi) is 2.77. The van der Waals surface area contributed by atoms with Gasteiger partial charge in [-0.3, -0.25) is 0 Å². The molecule has 0 amide bonds. The zero-order chi connectivity index (χ0) is 10.1. The summed E-state index contributed by atoms with van der Waals surface area (Å²) < 4.78 is 5.98. The van der Waals surface area contributed by atoms with Crippen LogP contribution in [0.15, 0.2) is 17.5 Å². The number of fused-ring (bicyclic) bond motifs is 2. The van der Waals surface area contributed by atoms with E-state index in [0.717, 1.165) is 18.7 Å². The largest absolute Gasteiger partial charge is 0.373 e. The molecule has 2 aliphatic heterocycles. The van der Waals surface area contributed by atoms with Gasteiger partial charge in [-0.25, -0.2) is 0 Å². The molecule has 1 aromatic heterocycles. The fourth-order valence-corrected chi connectivity index (χ4v) is 3.36. The van der Waals surface area contributed by atoms with Gasteiger partial charge < -0.3 is 10.1 Å². The maximum Gasteiger partial charge on any atom is 0.0813 e. The van der Waals surface area contributed by atoms with Crippen molar-refractivity contribution in [3.63, 3.8) is 0 Å². The molecular weight excluding hydrogens is 206 g/mol. The Bertz CT molecular complexity index is 299. The van der Waals surface area contributed by atoms with Crippen LogP contribution in [0.25, 0.3) is 0 Å². The third kappa shape index (κ3) is 2.25. The highest BCUT2D eigenvalue weighted by Gasteiger charge is 2.33. The van der Waals surface area contributed by atoms with Gasteiger partial charge in [0.2, 0.25) is 0 Å². The molecule has 1 aromatic rings. The summed E-state index contributed by atoms with van der Waals surface area (Å²) in [4.78, 5) is 1.35. The molecule has 1 unspecified atom stereocenters. The smallest absolute Gasteiger partial charge is 0.0813 e. The van der Waals surface area contributed by atoms with Crippen LogP contribution in [0.3, 0.4) is 0 Å². The predicted molar refractivity (Wildman–Crippen MR) is 62.1 cm³/mol. The van der Waals surface area contributed by atoms with Gasteiger partial charge in [0.25, 0.3) is 0 Å². The Balaban J connectivity index is 1.52. The van der Waals surface area contributed by atoms with Crippen molar-refractivity contribution in [1.29, 1.82) is 0 Å². The van der Waals surface area contributed by atoms with Crippen molar-refractivity contribution >= 4 is 11.3 Å². The van der Waals surface area contributed by atoms with E-state index in [2.05, 4.69) is 22.8 Å². The molecule has 0 spiro atoms. The fourth-order valence-electron chi connectivity index (χ4n) is 2.74. The maximum atomic E-state index is 5.98. The average molecular weight is 223 g/mol. The van der Waals surface area contributed by atoms with Gasteiger partial charge in [-0.1, -0.05) is 6.07 Å². The second kappa shape index (κ2) is 4.24. The molecule has 0 aromatic carbocycles. The van der Waals surface area contributed by atoms with Crippen LogP contribution in [0.2, 0.25) is 0 Å². The highest BCUT2D eigenvalue weighted by atomic mass is 32.1. The Hall–Kier alpha value is -0.380. The summed E-state index contributed by atoms with van der Waals surface area (Å²) in [6, 6.07) is 5.71. The van der Waals surface area contributed by atoms with Crippen molar-refractivity contribution < 1.29 is 4.74 Å². The molecule has 2 nitrogen and oxygen atoms in total. The van der Waals surface area contributed by atoms with Gasteiger partial charge in [-0.15, -0.1) is 11.3 Å². The molecule has 2 saturated heterocycles. The number of hydrogen-bond donors (Lipinski definition) is 1. The maximum absolute atomic E-state index is 5.98. The second-order valence-electron chi connectivity index (χ2n) is 4.62. The SMILES string of the molecule is c1csc(COC2C[C@H]3CC[C@@H](C2)N3)c1. The van der Waals surface area contributed by atoms with E-state index in [1.54, 1.807) is 11.3 Å². The summed E-state index contributed by atoms with van der Waals surface area (Å²) in [5.41, 5.74) is 0. The topological polar surface area (TPSA) is 21.3 Å². The lowest BCUT2D eigenvalue weighted by atomic mass is 10.0. The highest BCUT2D eigenvalue weighted by molar-refractivity contribution is 7.09. The molecule has 3 atom stereocenters. The predicted octanol–water partition coefficient (Wildman–Crippen LogP) is 2.55. The van der Waals surface area contributed by atoms with Crippen LogP contribution < -0.4 is 5.32 Å². The first-order chi connectivity index (χ1) is 7.40. The van der Waals surface area contributed by atoms with Gasteiger partial charge in [0, 0.05) is 17.0 Å². The molecule has 0 saturated carbocycles. The third-order valence-electron chi connectivity index (χ3n) is 3.47. The van der Waals surface area contributed by atoms with Gasteiger partial charge in [0.05, 0.1) is 12.7 Å². The van der Waals surface area contributed by atoms with Crippen molar-refractivity contribution in [2.45, 2.75) is 50.5 Å². The first-order valence-corrected chi connectivity index (χ1v) is 6.68. The number of ether oxygens (including phenoxy) is 1. The number of piperidine rings is 1. The fraction of sp³-hybridized carbons (Fsp3) is 0.667. The van der Waals surface area contributed by atoms with Crippen molar-refractivity contribution in [3.05, 3.63) is 22.4 Å². The summed E-state index contributed by atoms with van der Waals surface area (Å²) in [5, 5.41) is 5.75. The number of thiophene rings is 1. The summed E-state index contributed by atoms with van der Waals surface area (Å²) in [6.45, 7) is 0.807. The standard InChI is InChI=1S/C12H17NOS/c1-2-12(15-5-1)8-14-11-6-9-3-4-10(7-11)13-9/h1-2,5,9-11,13H,3-4,6-8H2/t9-,10+,11?. The van der Waals surface area contributed by atoms with E-state index in [4.69, 9.17) is 4.74 Å². The first-order valence-electron chi connectivity index (χ1n) is 5.80. The molecule has 2 aliphatic rings. The zero-order valence-electron chi connectivity index (χ0n) is 8.82. The van der Waals surface area contributed by atoms with E-state index in [-0.39, 0.29) is 0 Å². The molecule has 3 heteroatoms. The third-order valence-corrected chi connectivity index (χ3v) is 4.32. The van der Waals surface area contributed by atoms with Crippen LogP contribution in [-0.2, 0) is 11.3 Å². The van der Waals surface area contributed by atoms with E-state index < -0.39 is 0 Å². The van der Waals surface area contributed by atoms with Crippen LogP contribution in [0.4, 0.5) is 0 Å². The van der Waals surface area contributed by atoms with Crippen LogP contribution in [0.1, 0.15) is 30.6 Å². The monoisotopic (exact) mass is 223 g/mol. The normalized spacial score (nSPS) is 34.5. The van der Waals surface area contributed by atoms with Gasteiger partial charge >= 0.3 is 0 Å². The van der Waals surface area contributed by atoms with Gasteiger partial charge in [-0.05, 0) is 37.1 Å². The zero-order valence-corrected chi connectivity index (χ0v) is 9.63. The molecule has 3 rings (SSSR count). The van der Waals surface area contributed by atoms with Crippen molar-refractivity contribution in [3.8, 4) is 0 Å². The first kappa shape index (κ1) is 9.82. The number of hydrogen-bond acceptors (Lipinski definition) is 3. The summed E-state index contributed by atoms with van der Waals surface area (Å²) in [6.07, 6.45) is 5.61. The minimum atomic E-state index is 0.492. The molecule has 2 fully saturated rings. The van der Waals surface area contributed by atoms with Gasteiger partial charge in [0.15, 0.2) is 0 Å². The lowest BCUT2D eigenvalue weighted by Gasteiger charge is -2.28. The lowest BCUT2D eigenvalue weighted by molar-refractivity contribution is 0.0104. The van der Waals surface area contributed by atoms with Gasteiger partial charge in [0.1, 0.15) is 0 Å². The van der Waals surface area contributed by atoms with Crippen molar-refractivity contribution in [2.75, 3.05) is 0 Å². The van der Waals surface area contributed by atoms with E-state index >= 15 is 0 Å². The molecule has 2 bridgehead atoms. The van der Waals surface area contributed by atoms with E-state index in [0.29, 0.717) is 6.10 Å². The number of rotatable bonds is 3. The Morgan fingerprint density at radius 3 is 2.80 bits per heavy atom. The Morgan fingerprint density at radius 2 is 2.13 bits per heavy atom. The number of nitrogens with one attached hydrogen (secondary N) is 1. The summed E-state index contributed by atoms with van der Waals surface area (Å²) in [5.74, 6) is 0. The molecule has 0 aliphatic carbocycles. The minimum absolute atomic E-state index is 0.492. The van der Waals surface area contributed by atoms with Crippen LogP contribution in [-0.4, -0.2) is 18.2 Å². The van der Waals surface area contributed by atoms with Crippen molar-refractivity contribution in [2.24, 2.45) is 0 Å². The molecule has 15 heavy (non-hydrogen) atoms. The molecule has 3 heterocycles. The second-order valence-corrected chi connectivity index (χ2v) is 5.65. The quantitative estimate of drug-likeness (QED) is 0.850. The lowest BCUT2D eigenvalue weighted by Crippen LogP contribution is -2.41. The van der Waals surface area contributed by atoms with Crippen LogP contribution in [0, 0.1) is 0 Å². The Morgan fingerprint density at radius 1 is 1.33 bits per heavy atom. The highest BCUT2D eigenvalue weighted by Crippen LogP contribution is 2.29. The molecule has 1 N–H and O–H groups in total. The van der Waals surface area contributed by atoms with Crippen LogP contribution >= 0.6 is 11.3 Å². The minimum Gasteiger partial charge on any atom is -0.373 e. The molecule has 82 valence electrons. The van der Waals surface area contributed by atoms with Crippen molar-refractivity contribution in [1.82, 2.24) is 5.32 Å². The summed E-state index contributed by atoms with van der Waals surface area (Å²) in [7, 11) is 0. The van der Waals surface area contributed by atoms with E-state index in [1.807, 2.05) is 0 Å². The van der Waals surface area contributed by atoms with Crippen LogP contribution in [0.5, 0.6) is 0 Å². The molecule has 0 radical (unpaired) electrons. The average Bonchev–Trinajstić information content (AvgIpc) is 2.86.